The number of methoxy groups -OCH3 is 1. The summed E-state index contributed by atoms with van der Waals surface area (Å²) in [5, 5.41) is 2.98. The largest absolute Gasteiger partial charge is 0.454 e. The van der Waals surface area contributed by atoms with E-state index in [1.807, 2.05) is 18.2 Å². The van der Waals surface area contributed by atoms with Gasteiger partial charge in [-0.25, -0.2) is 4.39 Å². The Labute approximate surface area is 186 Å². The van der Waals surface area contributed by atoms with Crippen molar-refractivity contribution >= 4 is 11.8 Å². The van der Waals surface area contributed by atoms with Crippen LogP contribution < -0.4 is 14.8 Å². The third-order valence-electron chi connectivity index (χ3n) is 6.00. The lowest BCUT2D eigenvalue weighted by Crippen LogP contribution is -2.48. The third kappa shape index (κ3) is 4.85. The Morgan fingerprint density at radius 2 is 1.97 bits per heavy atom. The van der Waals surface area contributed by atoms with Gasteiger partial charge in [-0.3, -0.25) is 9.59 Å². The molecule has 1 N–H and O–H groups in total. The van der Waals surface area contributed by atoms with Gasteiger partial charge in [0.2, 0.25) is 18.6 Å². The van der Waals surface area contributed by atoms with Gasteiger partial charge >= 0.3 is 0 Å². The van der Waals surface area contributed by atoms with Gasteiger partial charge in [-0.1, -0.05) is 18.2 Å². The number of nitrogens with zero attached hydrogens (tertiary/aromatic N) is 1. The minimum atomic E-state index is -0.381. The Morgan fingerprint density at radius 3 is 2.75 bits per heavy atom. The van der Waals surface area contributed by atoms with Crippen LogP contribution in [-0.2, 0) is 20.9 Å². The van der Waals surface area contributed by atoms with E-state index in [4.69, 9.17) is 14.2 Å². The topological polar surface area (TPSA) is 77.1 Å². The van der Waals surface area contributed by atoms with Crippen molar-refractivity contribution in [2.45, 2.75) is 25.8 Å². The van der Waals surface area contributed by atoms with E-state index in [2.05, 4.69) is 5.32 Å². The molecule has 0 radical (unpaired) electrons. The monoisotopic (exact) mass is 442 g/mol. The number of benzene rings is 2. The number of likely N-dealkylation sites (tertiary alicyclic amines) is 1. The summed E-state index contributed by atoms with van der Waals surface area (Å²) in [4.78, 5) is 27.2. The first-order chi connectivity index (χ1) is 15.4. The molecule has 32 heavy (non-hydrogen) atoms. The number of rotatable bonds is 6. The second kappa shape index (κ2) is 9.56. The second-order valence-corrected chi connectivity index (χ2v) is 8.28. The number of hydrogen-bond acceptors (Lipinski definition) is 5. The van der Waals surface area contributed by atoms with Gasteiger partial charge in [0.25, 0.3) is 0 Å². The van der Waals surface area contributed by atoms with Crippen molar-refractivity contribution in [1.82, 2.24) is 10.2 Å². The molecule has 0 bridgehead atoms. The SMILES string of the molecule is COCC(=O)N1C[C@@H](C(=O)NCc2ccc3c(c2)OCO3)C[C@@H](c2ccc(F)c(C)c2)C1. The van der Waals surface area contributed by atoms with E-state index in [1.54, 1.807) is 24.0 Å². The highest BCUT2D eigenvalue weighted by Crippen LogP contribution is 2.33. The average Bonchev–Trinajstić information content (AvgIpc) is 3.27. The van der Waals surface area contributed by atoms with E-state index in [1.165, 1.54) is 13.2 Å². The van der Waals surface area contributed by atoms with Gasteiger partial charge in [-0.15, -0.1) is 0 Å². The summed E-state index contributed by atoms with van der Waals surface area (Å²) in [5.41, 5.74) is 2.37. The van der Waals surface area contributed by atoms with Crippen molar-refractivity contribution in [3.05, 3.63) is 58.9 Å². The fourth-order valence-electron chi connectivity index (χ4n) is 4.26. The first kappa shape index (κ1) is 22.1. The Bertz CT molecular complexity index is 1010. The average molecular weight is 442 g/mol. The minimum absolute atomic E-state index is 0.0410. The Balaban J connectivity index is 1.46. The molecule has 0 unspecified atom stereocenters. The number of nitrogens with one attached hydrogen (secondary N) is 1. The number of fused-ring (bicyclic) bond motifs is 1. The highest BCUT2D eigenvalue weighted by molar-refractivity contribution is 5.82. The molecular weight excluding hydrogens is 415 g/mol. The predicted molar refractivity (Wildman–Crippen MR) is 115 cm³/mol. The summed E-state index contributed by atoms with van der Waals surface area (Å²) in [5.74, 6) is 0.356. The molecule has 170 valence electrons. The van der Waals surface area contributed by atoms with E-state index < -0.39 is 0 Å². The maximum absolute atomic E-state index is 13.8. The molecule has 2 aliphatic rings. The molecule has 4 rings (SSSR count). The summed E-state index contributed by atoms with van der Waals surface area (Å²) in [6, 6.07) is 10.5. The van der Waals surface area contributed by atoms with Gasteiger partial charge in [-0.05, 0) is 48.2 Å². The second-order valence-electron chi connectivity index (χ2n) is 8.28. The number of hydrogen-bond donors (Lipinski definition) is 1. The Kier molecular flexibility index (Phi) is 6.60. The van der Waals surface area contributed by atoms with Crippen molar-refractivity contribution in [3.8, 4) is 11.5 Å². The van der Waals surface area contributed by atoms with Crippen LogP contribution in [0.1, 0.15) is 29.0 Å². The summed E-state index contributed by atoms with van der Waals surface area (Å²) in [6.07, 6.45) is 0.578. The molecular formula is C24H27FN2O5. The standard InChI is InChI=1S/C24H27FN2O5/c1-15-7-17(4-5-20(15)25)18-9-19(12-27(11-18)23(28)13-30-2)24(29)26-10-16-3-6-21-22(8-16)32-14-31-21/h3-8,18-19H,9-14H2,1-2H3,(H,26,29)/t18-,19+/m1/s1. The highest BCUT2D eigenvalue weighted by Gasteiger charge is 2.34. The Hall–Kier alpha value is -3.13. The third-order valence-corrected chi connectivity index (χ3v) is 6.00. The van der Waals surface area contributed by atoms with E-state index in [0.717, 1.165) is 11.1 Å². The van der Waals surface area contributed by atoms with Crippen molar-refractivity contribution < 1.29 is 28.2 Å². The number of piperidine rings is 1. The number of carbonyl (C=O) groups is 2. The van der Waals surface area contributed by atoms with E-state index >= 15 is 0 Å². The zero-order chi connectivity index (χ0) is 22.7. The van der Waals surface area contributed by atoms with Gasteiger partial charge in [0.15, 0.2) is 11.5 Å². The number of carbonyl (C=O) groups excluding carboxylic acids is 2. The molecule has 2 atom stereocenters. The number of ether oxygens (including phenoxy) is 3. The van der Waals surface area contributed by atoms with Crippen LogP contribution in [0.4, 0.5) is 4.39 Å². The van der Waals surface area contributed by atoms with E-state index in [0.29, 0.717) is 43.1 Å². The van der Waals surface area contributed by atoms with Crippen LogP contribution in [0.15, 0.2) is 36.4 Å². The van der Waals surface area contributed by atoms with Gasteiger partial charge < -0.3 is 24.4 Å². The van der Waals surface area contributed by atoms with Crippen LogP contribution in [0.3, 0.4) is 0 Å². The minimum Gasteiger partial charge on any atom is -0.454 e. The maximum atomic E-state index is 13.8. The zero-order valence-corrected chi connectivity index (χ0v) is 18.2. The first-order valence-corrected chi connectivity index (χ1v) is 10.6. The van der Waals surface area contributed by atoms with Gasteiger partial charge in [0, 0.05) is 32.7 Å². The molecule has 0 aliphatic carbocycles. The van der Waals surface area contributed by atoms with Crippen LogP contribution >= 0.6 is 0 Å². The van der Waals surface area contributed by atoms with Crippen LogP contribution in [0.2, 0.25) is 0 Å². The summed E-state index contributed by atoms with van der Waals surface area (Å²) in [6.45, 7) is 3.01. The summed E-state index contributed by atoms with van der Waals surface area (Å²) in [7, 11) is 1.47. The van der Waals surface area contributed by atoms with E-state index in [-0.39, 0.29) is 42.9 Å². The molecule has 0 spiro atoms. The normalized spacial score (nSPS) is 19.7. The lowest BCUT2D eigenvalue weighted by molar-refractivity contribution is -0.139. The molecule has 0 saturated carbocycles. The highest BCUT2D eigenvalue weighted by atomic mass is 19.1. The molecule has 7 nitrogen and oxygen atoms in total. The van der Waals surface area contributed by atoms with Crippen molar-refractivity contribution in [1.29, 1.82) is 0 Å². The molecule has 2 amide bonds. The number of amides is 2. The van der Waals surface area contributed by atoms with E-state index in [9.17, 15) is 14.0 Å². The van der Waals surface area contributed by atoms with Crippen molar-refractivity contribution in [2.24, 2.45) is 5.92 Å². The Morgan fingerprint density at radius 1 is 1.16 bits per heavy atom. The van der Waals surface area contributed by atoms with Crippen molar-refractivity contribution in [3.63, 3.8) is 0 Å². The molecule has 8 heteroatoms. The molecule has 1 saturated heterocycles. The first-order valence-electron chi connectivity index (χ1n) is 10.6. The smallest absolute Gasteiger partial charge is 0.248 e. The quantitative estimate of drug-likeness (QED) is 0.745. The number of halogens is 1. The molecule has 2 aromatic carbocycles. The van der Waals surface area contributed by atoms with Crippen LogP contribution in [0.5, 0.6) is 11.5 Å². The van der Waals surface area contributed by atoms with Crippen molar-refractivity contribution in [2.75, 3.05) is 33.6 Å². The fraction of sp³-hybridized carbons (Fsp3) is 0.417. The van der Waals surface area contributed by atoms with Crippen LogP contribution in [-0.4, -0.2) is 50.3 Å². The summed E-state index contributed by atoms with van der Waals surface area (Å²) >= 11 is 0. The molecule has 2 aliphatic heterocycles. The fourth-order valence-corrected chi connectivity index (χ4v) is 4.26. The molecule has 2 heterocycles. The zero-order valence-electron chi connectivity index (χ0n) is 18.2. The van der Waals surface area contributed by atoms with Crippen LogP contribution in [0.25, 0.3) is 0 Å². The maximum Gasteiger partial charge on any atom is 0.248 e. The lowest BCUT2D eigenvalue weighted by Gasteiger charge is -2.37. The van der Waals surface area contributed by atoms with Gasteiger partial charge in [0.05, 0.1) is 5.92 Å². The van der Waals surface area contributed by atoms with Gasteiger partial charge in [0.1, 0.15) is 12.4 Å². The number of aryl methyl sites for hydroxylation is 1. The summed E-state index contributed by atoms with van der Waals surface area (Å²) < 4.78 is 29.5. The predicted octanol–water partition coefficient (Wildman–Crippen LogP) is 2.76. The molecule has 0 aromatic heterocycles. The molecule has 1 fully saturated rings. The lowest BCUT2D eigenvalue weighted by atomic mass is 9.83. The van der Waals surface area contributed by atoms with Gasteiger partial charge in [-0.2, -0.15) is 0 Å². The van der Waals surface area contributed by atoms with Crippen LogP contribution in [0, 0.1) is 18.7 Å². The molecule has 2 aromatic rings.